The molecule has 2 fully saturated rings. The molecule has 0 unspecified atom stereocenters. The van der Waals surface area contributed by atoms with Gasteiger partial charge in [0.1, 0.15) is 0 Å². The second kappa shape index (κ2) is 8.28. The van der Waals surface area contributed by atoms with Crippen LogP contribution >= 0.6 is 7.92 Å². The Balaban J connectivity index is 1.62. The van der Waals surface area contributed by atoms with E-state index >= 15 is 0 Å². The standard InChI is InChI=1S/C19H30NP/c1-3-10-18(11-4-1)21(19-12-5-2-6-13-19)16-14-17-9-7-8-15-20-17/h7-9,15,18-19H,1-6,10-14,16H2. The quantitative estimate of drug-likeness (QED) is 0.629. The molecule has 21 heavy (non-hydrogen) atoms. The van der Waals surface area contributed by atoms with Gasteiger partial charge >= 0.3 is 0 Å². The van der Waals surface area contributed by atoms with Crippen molar-refractivity contribution in [2.75, 3.05) is 6.16 Å². The summed E-state index contributed by atoms with van der Waals surface area (Å²) in [6, 6.07) is 6.40. The van der Waals surface area contributed by atoms with Crippen LogP contribution in [0.4, 0.5) is 0 Å². The Labute approximate surface area is 131 Å². The van der Waals surface area contributed by atoms with Crippen LogP contribution in [-0.2, 0) is 6.42 Å². The molecule has 0 atom stereocenters. The van der Waals surface area contributed by atoms with Gasteiger partial charge in [-0.2, -0.15) is 0 Å². The fraction of sp³-hybridized carbons (Fsp3) is 0.737. The Morgan fingerprint density at radius 2 is 1.48 bits per heavy atom. The SMILES string of the molecule is c1ccc(CCP(C2CCCCC2)C2CCCCC2)nc1. The summed E-state index contributed by atoms with van der Waals surface area (Å²) in [7, 11) is 0.239. The number of hydrogen-bond donors (Lipinski definition) is 0. The van der Waals surface area contributed by atoms with Gasteiger partial charge in [0, 0.05) is 11.9 Å². The molecule has 0 aromatic carbocycles. The Morgan fingerprint density at radius 3 is 2.00 bits per heavy atom. The van der Waals surface area contributed by atoms with E-state index in [1.165, 1.54) is 82.5 Å². The van der Waals surface area contributed by atoms with Crippen molar-refractivity contribution >= 4 is 7.92 Å². The van der Waals surface area contributed by atoms with Gasteiger partial charge in [-0.25, -0.2) is 0 Å². The van der Waals surface area contributed by atoms with Gasteiger partial charge in [0.25, 0.3) is 0 Å². The van der Waals surface area contributed by atoms with E-state index in [1.54, 1.807) is 0 Å². The monoisotopic (exact) mass is 303 g/mol. The van der Waals surface area contributed by atoms with Crippen molar-refractivity contribution in [1.82, 2.24) is 4.98 Å². The van der Waals surface area contributed by atoms with E-state index in [2.05, 4.69) is 17.1 Å². The van der Waals surface area contributed by atoms with Crippen molar-refractivity contribution in [3.8, 4) is 0 Å². The molecule has 2 aliphatic carbocycles. The van der Waals surface area contributed by atoms with E-state index < -0.39 is 0 Å². The highest BCUT2D eigenvalue weighted by molar-refractivity contribution is 7.59. The van der Waals surface area contributed by atoms with Crippen molar-refractivity contribution in [1.29, 1.82) is 0 Å². The van der Waals surface area contributed by atoms with Gasteiger partial charge in [0.15, 0.2) is 0 Å². The molecule has 3 rings (SSSR count). The molecular formula is C19H30NP. The largest absolute Gasteiger partial charge is 0.261 e. The Hall–Kier alpha value is -0.420. The van der Waals surface area contributed by atoms with Crippen LogP contribution in [0.1, 0.15) is 69.9 Å². The molecule has 1 aromatic heterocycles. The summed E-state index contributed by atoms with van der Waals surface area (Å²) in [5.74, 6) is 0. The lowest BCUT2D eigenvalue weighted by Gasteiger charge is -2.38. The van der Waals surface area contributed by atoms with Crippen molar-refractivity contribution in [3.63, 3.8) is 0 Å². The van der Waals surface area contributed by atoms with E-state index in [1.807, 2.05) is 12.3 Å². The lowest BCUT2D eigenvalue weighted by atomic mass is 9.99. The summed E-state index contributed by atoms with van der Waals surface area (Å²) in [6.07, 6.45) is 19.7. The van der Waals surface area contributed by atoms with Gasteiger partial charge in [-0.05, 0) is 61.7 Å². The second-order valence-corrected chi connectivity index (χ2v) is 9.83. The minimum Gasteiger partial charge on any atom is -0.261 e. The van der Waals surface area contributed by atoms with Crippen molar-refractivity contribution < 1.29 is 0 Å². The van der Waals surface area contributed by atoms with E-state index in [0.717, 1.165) is 11.3 Å². The van der Waals surface area contributed by atoms with Crippen molar-refractivity contribution in [3.05, 3.63) is 30.1 Å². The van der Waals surface area contributed by atoms with Crippen LogP contribution in [0.2, 0.25) is 0 Å². The van der Waals surface area contributed by atoms with Crippen LogP contribution in [0.3, 0.4) is 0 Å². The lowest BCUT2D eigenvalue weighted by Crippen LogP contribution is -2.22. The summed E-state index contributed by atoms with van der Waals surface area (Å²) in [4.78, 5) is 4.55. The normalized spacial score (nSPS) is 21.8. The molecule has 2 saturated carbocycles. The fourth-order valence-corrected chi connectivity index (χ4v) is 8.15. The number of hydrogen-bond acceptors (Lipinski definition) is 1. The summed E-state index contributed by atoms with van der Waals surface area (Å²) in [5.41, 5.74) is 3.48. The highest BCUT2D eigenvalue weighted by Crippen LogP contribution is 2.55. The maximum atomic E-state index is 4.55. The second-order valence-electron chi connectivity index (χ2n) is 6.89. The van der Waals surface area contributed by atoms with Crippen LogP contribution in [-0.4, -0.2) is 22.5 Å². The van der Waals surface area contributed by atoms with Gasteiger partial charge in [-0.3, -0.25) is 4.98 Å². The molecule has 0 bridgehead atoms. The Kier molecular flexibility index (Phi) is 6.10. The molecule has 2 aliphatic rings. The molecule has 0 aliphatic heterocycles. The van der Waals surface area contributed by atoms with E-state index in [9.17, 15) is 0 Å². The van der Waals surface area contributed by atoms with Gasteiger partial charge < -0.3 is 0 Å². The minimum atomic E-state index is 0.239. The molecule has 116 valence electrons. The van der Waals surface area contributed by atoms with Crippen LogP contribution < -0.4 is 0 Å². The first-order valence-electron chi connectivity index (χ1n) is 9.09. The zero-order valence-corrected chi connectivity index (χ0v) is 14.2. The first-order valence-corrected chi connectivity index (χ1v) is 10.8. The highest BCUT2D eigenvalue weighted by atomic mass is 31.1. The molecule has 0 spiro atoms. The summed E-state index contributed by atoms with van der Waals surface area (Å²) in [5, 5.41) is 0. The van der Waals surface area contributed by atoms with Gasteiger partial charge in [0.05, 0.1) is 0 Å². The smallest absolute Gasteiger partial charge is 0.0407 e. The summed E-state index contributed by atoms with van der Waals surface area (Å²) < 4.78 is 0. The van der Waals surface area contributed by atoms with E-state index in [-0.39, 0.29) is 7.92 Å². The maximum Gasteiger partial charge on any atom is 0.0407 e. The van der Waals surface area contributed by atoms with Gasteiger partial charge in [-0.1, -0.05) is 52.5 Å². The third-order valence-corrected chi connectivity index (χ3v) is 9.09. The van der Waals surface area contributed by atoms with Crippen molar-refractivity contribution in [2.24, 2.45) is 0 Å². The highest BCUT2D eigenvalue weighted by Gasteiger charge is 2.30. The molecule has 0 radical (unpaired) electrons. The third-order valence-electron chi connectivity index (χ3n) is 5.44. The molecular weight excluding hydrogens is 273 g/mol. The molecule has 0 saturated heterocycles. The predicted molar refractivity (Wildman–Crippen MR) is 93.5 cm³/mol. The fourth-order valence-electron chi connectivity index (χ4n) is 4.28. The predicted octanol–water partition coefficient (Wildman–Crippen LogP) is 5.77. The molecule has 1 nitrogen and oxygen atoms in total. The summed E-state index contributed by atoms with van der Waals surface area (Å²) >= 11 is 0. The Morgan fingerprint density at radius 1 is 0.857 bits per heavy atom. The summed E-state index contributed by atoms with van der Waals surface area (Å²) in [6.45, 7) is 0. The maximum absolute atomic E-state index is 4.55. The van der Waals surface area contributed by atoms with Gasteiger partial charge in [-0.15, -0.1) is 0 Å². The Bertz CT molecular complexity index is 375. The molecule has 0 amide bonds. The zero-order chi connectivity index (χ0) is 14.3. The van der Waals surface area contributed by atoms with Crippen LogP contribution in [0.15, 0.2) is 24.4 Å². The van der Waals surface area contributed by atoms with Crippen LogP contribution in [0.5, 0.6) is 0 Å². The number of nitrogens with zero attached hydrogens (tertiary/aromatic N) is 1. The number of pyridine rings is 1. The average Bonchev–Trinajstić information content (AvgIpc) is 2.58. The number of aromatic nitrogens is 1. The lowest BCUT2D eigenvalue weighted by molar-refractivity contribution is 0.484. The number of aryl methyl sites for hydroxylation is 1. The molecule has 1 heterocycles. The molecule has 1 aromatic rings. The molecule has 0 N–H and O–H groups in total. The van der Waals surface area contributed by atoms with Gasteiger partial charge in [0.2, 0.25) is 0 Å². The minimum absolute atomic E-state index is 0.239. The first kappa shape index (κ1) is 15.5. The van der Waals surface area contributed by atoms with Crippen LogP contribution in [0, 0.1) is 0 Å². The van der Waals surface area contributed by atoms with Crippen LogP contribution in [0.25, 0.3) is 0 Å². The zero-order valence-electron chi connectivity index (χ0n) is 13.3. The number of rotatable bonds is 5. The topological polar surface area (TPSA) is 12.9 Å². The van der Waals surface area contributed by atoms with E-state index in [0.29, 0.717) is 0 Å². The average molecular weight is 303 g/mol. The molecule has 2 heteroatoms. The van der Waals surface area contributed by atoms with E-state index in [4.69, 9.17) is 0 Å². The van der Waals surface area contributed by atoms with Crippen molar-refractivity contribution in [2.45, 2.75) is 81.9 Å². The third kappa shape index (κ3) is 4.52. The first-order chi connectivity index (χ1) is 10.4.